The third-order valence-electron chi connectivity index (χ3n) is 4.57. The molecule has 1 aliphatic carbocycles. The van der Waals surface area contributed by atoms with E-state index in [0.717, 1.165) is 24.7 Å². The van der Waals surface area contributed by atoms with E-state index in [9.17, 15) is 4.79 Å². The molecule has 0 aliphatic heterocycles. The van der Waals surface area contributed by atoms with Gasteiger partial charge < -0.3 is 9.55 Å². The van der Waals surface area contributed by atoms with Crippen molar-refractivity contribution in [2.45, 2.75) is 32.2 Å². The van der Waals surface area contributed by atoms with Crippen molar-refractivity contribution in [2.24, 2.45) is 0 Å². The zero-order chi connectivity index (χ0) is 14.4. The molecule has 3 aromatic rings. The fourth-order valence-electron chi connectivity index (χ4n) is 3.54. The summed E-state index contributed by atoms with van der Waals surface area (Å²) in [4.78, 5) is 14.5. The number of aromatic amines is 1. The lowest BCUT2D eigenvalue weighted by Crippen LogP contribution is -2.15. The van der Waals surface area contributed by atoms with E-state index in [2.05, 4.69) is 34.7 Å². The van der Waals surface area contributed by atoms with E-state index in [1.54, 1.807) is 0 Å². The Balaban J connectivity index is 1.87. The second-order valence-electron chi connectivity index (χ2n) is 5.98. The molecule has 0 radical (unpaired) electrons. The average Bonchev–Trinajstić information content (AvgIpc) is 3.11. The van der Waals surface area contributed by atoms with Crippen molar-refractivity contribution in [1.82, 2.24) is 9.55 Å². The Morgan fingerprint density at radius 2 is 2.24 bits per heavy atom. The summed E-state index contributed by atoms with van der Waals surface area (Å²) in [6.07, 6.45) is 8.31. The third-order valence-corrected chi connectivity index (χ3v) is 4.57. The molecule has 1 atom stereocenters. The lowest BCUT2D eigenvalue weighted by atomic mass is 9.91. The van der Waals surface area contributed by atoms with Crippen molar-refractivity contribution >= 4 is 17.2 Å². The zero-order valence-electron chi connectivity index (χ0n) is 12.1. The minimum atomic E-state index is 0.315. The summed E-state index contributed by atoms with van der Waals surface area (Å²) in [5.41, 5.74) is 6.03. The maximum Gasteiger partial charge on any atom is 0.151 e. The predicted molar refractivity (Wildman–Crippen MR) is 83.9 cm³/mol. The van der Waals surface area contributed by atoms with Gasteiger partial charge in [0.25, 0.3) is 0 Å². The maximum atomic E-state index is 10.9. The van der Waals surface area contributed by atoms with Crippen molar-refractivity contribution in [3.05, 3.63) is 59.0 Å². The van der Waals surface area contributed by atoms with Crippen LogP contribution in [0.5, 0.6) is 0 Å². The van der Waals surface area contributed by atoms with E-state index < -0.39 is 0 Å². The van der Waals surface area contributed by atoms with Gasteiger partial charge in [0.05, 0.1) is 6.04 Å². The molecule has 21 heavy (non-hydrogen) atoms. The van der Waals surface area contributed by atoms with Crippen molar-refractivity contribution in [2.75, 3.05) is 0 Å². The van der Waals surface area contributed by atoms with Gasteiger partial charge >= 0.3 is 0 Å². The van der Waals surface area contributed by atoms with Crippen LogP contribution in [-0.4, -0.2) is 15.8 Å². The Morgan fingerprint density at radius 1 is 1.33 bits per heavy atom. The predicted octanol–water partition coefficient (Wildman–Crippen LogP) is 4.02. The van der Waals surface area contributed by atoms with Crippen molar-refractivity contribution in [3.63, 3.8) is 0 Å². The Bertz CT molecular complexity index is 825. The number of carbonyl (C=O) groups is 1. The van der Waals surface area contributed by atoms with Crippen LogP contribution < -0.4 is 0 Å². The van der Waals surface area contributed by atoms with Crippen LogP contribution in [0.25, 0.3) is 10.9 Å². The Hall–Kier alpha value is -2.29. The number of aromatic nitrogens is 2. The summed E-state index contributed by atoms with van der Waals surface area (Å²) in [6, 6.07) is 8.80. The van der Waals surface area contributed by atoms with Crippen molar-refractivity contribution in [3.8, 4) is 0 Å². The lowest BCUT2D eigenvalue weighted by molar-refractivity contribution is 0.112. The summed E-state index contributed by atoms with van der Waals surface area (Å²) >= 11 is 0. The van der Waals surface area contributed by atoms with Gasteiger partial charge in [-0.15, -0.1) is 0 Å². The lowest BCUT2D eigenvalue weighted by Gasteiger charge is -2.24. The number of fused-ring (bicyclic) bond motifs is 3. The van der Waals surface area contributed by atoms with E-state index in [0.29, 0.717) is 6.04 Å². The SMILES string of the molecule is Cc1ccc2[nH]c3c(c2c1)CCCC3n1ccc(C=O)c1. The molecule has 0 saturated heterocycles. The van der Waals surface area contributed by atoms with Crippen LogP contribution >= 0.6 is 0 Å². The van der Waals surface area contributed by atoms with Crippen LogP contribution in [-0.2, 0) is 6.42 Å². The second kappa shape index (κ2) is 4.62. The van der Waals surface area contributed by atoms with Crippen molar-refractivity contribution in [1.29, 1.82) is 0 Å². The molecule has 1 aliphatic rings. The molecule has 2 heterocycles. The maximum absolute atomic E-state index is 10.9. The topological polar surface area (TPSA) is 37.8 Å². The number of rotatable bonds is 2. The number of aryl methyl sites for hydroxylation is 2. The van der Waals surface area contributed by atoms with Crippen LogP contribution in [0, 0.1) is 6.92 Å². The van der Waals surface area contributed by atoms with Gasteiger partial charge in [-0.05, 0) is 49.9 Å². The molecule has 0 fully saturated rings. The van der Waals surface area contributed by atoms with Gasteiger partial charge in [-0.2, -0.15) is 0 Å². The summed E-state index contributed by atoms with van der Waals surface area (Å²) in [7, 11) is 0. The van der Waals surface area contributed by atoms with E-state index >= 15 is 0 Å². The summed E-state index contributed by atoms with van der Waals surface area (Å²) in [5, 5.41) is 1.36. The number of carbonyl (C=O) groups excluding carboxylic acids is 1. The molecule has 1 aromatic carbocycles. The molecule has 1 N–H and O–H groups in total. The normalized spacial score (nSPS) is 17.9. The smallest absolute Gasteiger partial charge is 0.151 e. The summed E-state index contributed by atoms with van der Waals surface area (Å²) < 4.78 is 2.17. The molecule has 0 saturated carbocycles. The molecular formula is C18H18N2O. The number of benzene rings is 1. The highest BCUT2D eigenvalue weighted by Crippen LogP contribution is 2.37. The zero-order valence-corrected chi connectivity index (χ0v) is 12.1. The number of hydrogen-bond acceptors (Lipinski definition) is 1. The second-order valence-corrected chi connectivity index (χ2v) is 5.98. The van der Waals surface area contributed by atoms with Gasteiger partial charge in [-0.25, -0.2) is 0 Å². The minimum absolute atomic E-state index is 0.315. The van der Waals surface area contributed by atoms with E-state index in [1.807, 2.05) is 18.5 Å². The average molecular weight is 278 g/mol. The highest BCUT2D eigenvalue weighted by Gasteiger charge is 2.25. The molecule has 0 bridgehead atoms. The van der Waals surface area contributed by atoms with Crippen LogP contribution in [0.3, 0.4) is 0 Å². The molecule has 1 unspecified atom stereocenters. The molecule has 0 spiro atoms. The fourth-order valence-corrected chi connectivity index (χ4v) is 3.54. The molecule has 0 amide bonds. The molecule has 4 rings (SSSR count). The standard InChI is InChI=1S/C18H18N2O/c1-12-5-6-16-15(9-12)14-3-2-4-17(18(14)19-16)20-8-7-13(10-20)11-21/h5-11,17,19H,2-4H2,1H3. The molecule has 3 heteroatoms. The molecule has 3 nitrogen and oxygen atoms in total. The first-order valence-corrected chi connectivity index (χ1v) is 7.50. The third kappa shape index (κ3) is 1.92. The minimum Gasteiger partial charge on any atom is -0.356 e. The Kier molecular flexibility index (Phi) is 2.74. The fraction of sp³-hybridized carbons (Fsp3) is 0.278. The first kappa shape index (κ1) is 12.5. The van der Waals surface area contributed by atoms with E-state index in [1.165, 1.54) is 34.1 Å². The van der Waals surface area contributed by atoms with Gasteiger partial charge in [0, 0.05) is 34.6 Å². The van der Waals surface area contributed by atoms with Crippen molar-refractivity contribution < 1.29 is 4.79 Å². The largest absolute Gasteiger partial charge is 0.356 e. The van der Waals surface area contributed by atoms with Crippen LogP contribution in [0.2, 0.25) is 0 Å². The highest BCUT2D eigenvalue weighted by atomic mass is 16.1. The Morgan fingerprint density at radius 3 is 3.05 bits per heavy atom. The summed E-state index contributed by atoms with van der Waals surface area (Å²) in [5.74, 6) is 0. The van der Waals surface area contributed by atoms with E-state index in [4.69, 9.17) is 0 Å². The quantitative estimate of drug-likeness (QED) is 0.706. The number of nitrogens with zero attached hydrogens (tertiary/aromatic N) is 1. The first-order chi connectivity index (χ1) is 10.3. The van der Waals surface area contributed by atoms with E-state index in [-0.39, 0.29) is 0 Å². The van der Waals surface area contributed by atoms with Gasteiger partial charge in [0.15, 0.2) is 6.29 Å². The molecule has 2 aromatic heterocycles. The molecular weight excluding hydrogens is 260 g/mol. The van der Waals surface area contributed by atoms with Gasteiger partial charge in [-0.1, -0.05) is 11.6 Å². The van der Waals surface area contributed by atoms with Gasteiger partial charge in [0.1, 0.15) is 0 Å². The molecule has 106 valence electrons. The first-order valence-electron chi connectivity index (χ1n) is 7.50. The summed E-state index contributed by atoms with van der Waals surface area (Å²) in [6.45, 7) is 2.14. The van der Waals surface area contributed by atoms with Crippen LogP contribution in [0.15, 0.2) is 36.7 Å². The number of H-pyrrole nitrogens is 1. The van der Waals surface area contributed by atoms with Crippen LogP contribution in [0.4, 0.5) is 0 Å². The van der Waals surface area contributed by atoms with Gasteiger partial charge in [-0.3, -0.25) is 4.79 Å². The Labute approximate surface area is 123 Å². The van der Waals surface area contributed by atoms with Crippen LogP contribution in [0.1, 0.15) is 46.1 Å². The number of nitrogens with one attached hydrogen (secondary N) is 1. The van der Waals surface area contributed by atoms with Gasteiger partial charge in [0.2, 0.25) is 0 Å². The monoisotopic (exact) mass is 278 g/mol. The number of aldehydes is 1. The highest BCUT2D eigenvalue weighted by molar-refractivity contribution is 5.85. The number of hydrogen-bond donors (Lipinski definition) is 1.